The van der Waals surface area contributed by atoms with Crippen molar-refractivity contribution in [1.82, 2.24) is 33.2 Å². The van der Waals surface area contributed by atoms with Crippen LogP contribution in [0, 0.1) is 0 Å². The first-order chi connectivity index (χ1) is 34.7. The predicted octanol–water partition coefficient (Wildman–Crippen LogP) is 15.6. The van der Waals surface area contributed by atoms with Crippen LogP contribution in [0.25, 0.3) is 133 Å². The standard InChI is InChI=1S/C63H39N7/c1-3-17-40(18-4-1)61-64-62(41-19-5-2-6-20-41)66-63(65-61)70-57-30-16-11-25-49(57)50-34-33-44(39-60(50)70)69-58-37-42(67-53-26-12-7-21-45(53)46-22-8-13-27-54(46)67)31-35-51(58)52-36-32-43(38-59(52)69)68-55-28-14-9-23-47(55)48-24-10-15-29-56(48)68/h1-39H. The summed E-state index contributed by atoms with van der Waals surface area (Å²) in [6, 6.07) is 84.6. The summed E-state index contributed by atoms with van der Waals surface area (Å²) in [5, 5.41) is 9.51. The third-order valence-electron chi connectivity index (χ3n) is 14.2. The van der Waals surface area contributed by atoms with Gasteiger partial charge in [0.05, 0.1) is 44.1 Å². The van der Waals surface area contributed by atoms with Gasteiger partial charge in [0.2, 0.25) is 5.95 Å². The Hall–Kier alpha value is -9.59. The van der Waals surface area contributed by atoms with Gasteiger partial charge in [-0.05, 0) is 66.7 Å². The third kappa shape index (κ3) is 5.66. The van der Waals surface area contributed by atoms with Crippen LogP contribution in [0.4, 0.5) is 0 Å². The molecular formula is C63H39N7. The van der Waals surface area contributed by atoms with E-state index in [0.717, 1.165) is 61.0 Å². The highest BCUT2D eigenvalue weighted by molar-refractivity contribution is 6.15. The Labute approximate surface area is 401 Å². The van der Waals surface area contributed by atoms with E-state index in [1.165, 1.54) is 54.4 Å². The van der Waals surface area contributed by atoms with E-state index in [9.17, 15) is 0 Å². The summed E-state index contributed by atoms with van der Waals surface area (Å²) < 4.78 is 9.49. The smallest absolute Gasteiger partial charge is 0.238 e. The molecule has 0 aliphatic rings. The van der Waals surface area contributed by atoms with Crippen LogP contribution in [0.1, 0.15) is 0 Å². The van der Waals surface area contributed by atoms with Crippen LogP contribution in [0.3, 0.4) is 0 Å². The van der Waals surface area contributed by atoms with Gasteiger partial charge in [0.25, 0.3) is 0 Å². The van der Waals surface area contributed by atoms with Gasteiger partial charge in [-0.3, -0.25) is 4.57 Å². The second-order valence-electron chi connectivity index (χ2n) is 18.0. The lowest BCUT2D eigenvalue weighted by atomic mass is 10.1. The van der Waals surface area contributed by atoms with E-state index in [-0.39, 0.29) is 0 Å². The molecule has 0 aliphatic heterocycles. The number of aromatic nitrogens is 7. The minimum atomic E-state index is 0.556. The summed E-state index contributed by atoms with van der Waals surface area (Å²) in [7, 11) is 0. The lowest BCUT2D eigenvalue weighted by Crippen LogP contribution is -2.06. The summed E-state index contributed by atoms with van der Waals surface area (Å²) in [6.07, 6.45) is 0. The molecule has 0 bridgehead atoms. The molecule has 326 valence electrons. The van der Waals surface area contributed by atoms with Crippen LogP contribution < -0.4 is 0 Å². The van der Waals surface area contributed by atoms with Crippen LogP contribution in [-0.4, -0.2) is 33.2 Å². The van der Waals surface area contributed by atoms with Crippen molar-refractivity contribution < 1.29 is 0 Å². The van der Waals surface area contributed by atoms with Crippen molar-refractivity contribution >= 4 is 87.2 Å². The van der Waals surface area contributed by atoms with Gasteiger partial charge in [-0.25, -0.2) is 4.98 Å². The fourth-order valence-electron chi connectivity index (χ4n) is 11.2. The Morgan fingerprint density at radius 2 is 0.486 bits per heavy atom. The second kappa shape index (κ2) is 15.0. The molecule has 0 saturated carbocycles. The van der Waals surface area contributed by atoms with Crippen molar-refractivity contribution in [2.45, 2.75) is 0 Å². The maximum atomic E-state index is 5.27. The average molecular weight is 894 g/mol. The molecule has 0 aliphatic carbocycles. The monoisotopic (exact) mass is 893 g/mol. The molecule has 5 heterocycles. The number of benzene rings is 10. The fraction of sp³-hybridized carbons (Fsp3) is 0. The van der Waals surface area contributed by atoms with E-state index < -0.39 is 0 Å². The number of nitrogens with zero attached hydrogens (tertiary/aromatic N) is 7. The van der Waals surface area contributed by atoms with Crippen LogP contribution >= 0.6 is 0 Å². The molecule has 0 unspecified atom stereocenters. The Morgan fingerprint density at radius 3 is 0.843 bits per heavy atom. The van der Waals surface area contributed by atoms with E-state index in [1.807, 2.05) is 36.4 Å². The molecule has 5 aromatic heterocycles. The number of hydrogen-bond donors (Lipinski definition) is 0. The molecule has 0 radical (unpaired) electrons. The average Bonchev–Trinajstić information content (AvgIpc) is 4.15. The number of para-hydroxylation sites is 5. The van der Waals surface area contributed by atoms with Crippen LogP contribution in [0.15, 0.2) is 237 Å². The van der Waals surface area contributed by atoms with Gasteiger partial charge < -0.3 is 13.7 Å². The number of hydrogen-bond acceptors (Lipinski definition) is 3. The molecule has 0 saturated heterocycles. The van der Waals surface area contributed by atoms with Crippen molar-refractivity contribution in [3.8, 4) is 45.8 Å². The fourth-order valence-corrected chi connectivity index (χ4v) is 11.2. The van der Waals surface area contributed by atoms with Crippen molar-refractivity contribution in [2.75, 3.05) is 0 Å². The largest absolute Gasteiger partial charge is 0.309 e. The van der Waals surface area contributed by atoms with Crippen molar-refractivity contribution in [3.63, 3.8) is 0 Å². The summed E-state index contributed by atoms with van der Waals surface area (Å²) in [6.45, 7) is 0. The van der Waals surface area contributed by atoms with Crippen LogP contribution in [-0.2, 0) is 0 Å². The SMILES string of the molecule is c1ccc(-c2nc(-c3ccccc3)nc(-n3c4ccccc4c4ccc(-n5c6cc(-n7c8ccccc8c8ccccc87)ccc6c6ccc(-n7c8ccccc8c8ccccc87)cc65)cc43)n2)cc1. The molecule has 10 aromatic carbocycles. The van der Waals surface area contributed by atoms with Gasteiger partial charge in [-0.2, -0.15) is 9.97 Å². The summed E-state index contributed by atoms with van der Waals surface area (Å²) in [5.74, 6) is 1.79. The van der Waals surface area contributed by atoms with E-state index in [0.29, 0.717) is 17.6 Å². The summed E-state index contributed by atoms with van der Waals surface area (Å²) in [5.41, 5.74) is 14.0. The van der Waals surface area contributed by atoms with Gasteiger partial charge in [-0.15, -0.1) is 0 Å². The van der Waals surface area contributed by atoms with Crippen molar-refractivity contribution in [3.05, 3.63) is 237 Å². The number of rotatable bonds is 6. The van der Waals surface area contributed by atoms with Gasteiger partial charge in [0, 0.05) is 71.3 Å². The van der Waals surface area contributed by atoms with E-state index in [4.69, 9.17) is 15.0 Å². The van der Waals surface area contributed by atoms with Gasteiger partial charge >= 0.3 is 0 Å². The van der Waals surface area contributed by atoms with E-state index >= 15 is 0 Å². The number of fused-ring (bicyclic) bond motifs is 12. The zero-order chi connectivity index (χ0) is 45.9. The van der Waals surface area contributed by atoms with Gasteiger partial charge in [-0.1, -0.05) is 170 Å². The minimum Gasteiger partial charge on any atom is -0.309 e. The highest BCUT2D eigenvalue weighted by Crippen LogP contribution is 2.41. The highest BCUT2D eigenvalue weighted by atomic mass is 15.2. The molecule has 7 heteroatoms. The molecule has 70 heavy (non-hydrogen) atoms. The van der Waals surface area contributed by atoms with Crippen molar-refractivity contribution in [1.29, 1.82) is 0 Å². The van der Waals surface area contributed by atoms with E-state index in [1.54, 1.807) is 0 Å². The van der Waals surface area contributed by atoms with Crippen LogP contribution in [0.2, 0.25) is 0 Å². The first-order valence-electron chi connectivity index (χ1n) is 23.7. The Bertz CT molecular complexity index is 4260. The zero-order valence-corrected chi connectivity index (χ0v) is 37.6. The molecule has 15 rings (SSSR count). The minimum absolute atomic E-state index is 0.556. The first kappa shape index (κ1) is 38.5. The maximum absolute atomic E-state index is 5.27. The topological polar surface area (TPSA) is 58.4 Å². The molecule has 7 nitrogen and oxygen atoms in total. The zero-order valence-electron chi connectivity index (χ0n) is 37.6. The lowest BCUT2D eigenvalue weighted by Gasteiger charge is -2.14. The van der Waals surface area contributed by atoms with E-state index in [2.05, 4.69) is 218 Å². The van der Waals surface area contributed by atoms with Crippen LogP contribution in [0.5, 0.6) is 0 Å². The van der Waals surface area contributed by atoms with Crippen molar-refractivity contribution in [2.24, 2.45) is 0 Å². The predicted molar refractivity (Wildman–Crippen MR) is 288 cm³/mol. The Morgan fingerprint density at radius 1 is 0.214 bits per heavy atom. The summed E-state index contributed by atoms with van der Waals surface area (Å²) in [4.78, 5) is 15.6. The molecule has 0 fully saturated rings. The lowest BCUT2D eigenvalue weighted by molar-refractivity contribution is 0.953. The first-order valence-corrected chi connectivity index (χ1v) is 23.7. The summed E-state index contributed by atoms with van der Waals surface area (Å²) >= 11 is 0. The molecule has 0 N–H and O–H groups in total. The quantitative estimate of drug-likeness (QED) is 0.167. The van der Waals surface area contributed by atoms with Gasteiger partial charge in [0.1, 0.15) is 0 Å². The molecular weight excluding hydrogens is 855 g/mol. The maximum Gasteiger partial charge on any atom is 0.238 e. The Balaban J connectivity index is 1.03. The Kier molecular flexibility index (Phi) is 8.23. The molecule has 0 spiro atoms. The molecule has 0 atom stereocenters. The molecule has 15 aromatic rings. The third-order valence-corrected chi connectivity index (χ3v) is 14.2. The molecule has 0 amide bonds. The highest BCUT2D eigenvalue weighted by Gasteiger charge is 2.22. The van der Waals surface area contributed by atoms with Gasteiger partial charge in [0.15, 0.2) is 11.6 Å². The normalized spacial score (nSPS) is 12.0. The second-order valence-corrected chi connectivity index (χ2v) is 18.0.